The number of halogens is 1. The van der Waals surface area contributed by atoms with Crippen molar-refractivity contribution >= 4 is 21.9 Å². The maximum atomic E-state index is 11.5. The molecular weight excluding hydrogens is 320 g/mol. The molecule has 1 unspecified atom stereocenters. The van der Waals surface area contributed by atoms with Gasteiger partial charge in [0.25, 0.3) is 0 Å². The minimum Gasteiger partial charge on any atom is -0.481 e. The van der Waals surface area contributed by atoms with E-state index in [0.717, 1.165) is 21.2 Å². The predicted octanol–water partition coefficient (Wildman–Crippen LogP) is 3.35. The lowest BCUT2D eigenvalue weighted by Crippen LogP contribution is -2.15. The van der Waals surface area contributed by atoms with Crippen molar-refractivity contribution in [1.29, 1.82) is 0 Å². The molecule has 0 bridgehead atoms. The molecule has 2 aromatic carbocycles. The van der Waals surface area contributed by atoms with Gasteiger partial charge in [-0.2, -0.15) is 0 Å². The monoisotopic (exact) mass is 334 g/mol. The molecular formula is C16H15BrO3. The van der Waals surface area contributed by atoms with E-state index in [2.05, 4.69) is 15.9 Å². The Bertz CT molecular complexity index is 593. The second kappa shape index (κ2) is 6.68. The summed E-state index contributed by atoms with van der Waals surface area (Å²) >= 11 is 3.40. The van der Waals surface area contributed by atoms with Crippen LogP contribution in [0.25, 0.3) is 0 Å². The zero-order valence-electron chi connectivity index (χ0n) is 10.8. The van der Waals surface area contributed by atoms with Crippen LogP contribution < -0.4 is 0 Å². The van der Waals surface area contributed by atoms with Gasteiger partial charge in [-0.15, -0.1) is 0 Å². The van der Waals surface area contributed by atoms with E-state index in [1.54, 1.807) is 0 Å². The minimum atomic E-state index is -0.844. The second-order valence-corrected chi connectivity index (χ2v) is 5.45. The summed E-state index contributed by atoms with van der Waals surface area (Å²) in [6.07, 6.45) is 0.420. The average molecular weight is 335 g/mol. The molecule has 104 valence electrons. The summed E-state index contributed by atoms with van der Waals surface area (Å²) in [4.78, 5) is 11.5. The van der Waals surface area contributed by atoms with Crippen LogP contribution >= 0.6 is 15.9 Å². The van der Waals surface area contributed by atoms with Gasteiger partial charge in [-0.25, -0.2) is 0 Å². The Morgan fingerprint density at radius 3 is 2.20 bits per heavy atom. The van der Waals surface area contributed by atoms with E-state index in [1.165, 1.54) is 0 Å². The van der Waals surface area contributed by atoms with Crippen LogP contribution in [0.15, 0.2) is 53.0 Å². The zero-order chi connectivity index (χ0) is 14.5. The number of carboxylic acid groups (broad SMARTS) is 1. The third-order valence-electron chi connectivity index (χ3n) is 3.22. The van der Waals surface area contributed by atoms with Crippen LogP contribution in [-0.2, 0) is 17.8 Å². The topological polar surface area (TPSA) is 57.5 Å². The molecule has 0 amide bonds. The lowest BCUT2D eigenvalue weighted by Gasteiger charge is -2.14. The number of carbonyl (C=O) groups is 1. The quantitative estimate of drug-likeness (QED) is 0.881. The van der Waals surface area contributed by atoms with E-state index in [0.29, 0.717) is 6.42 Å². The summed E-state index contributed by atoms with van der Waals surface area (Å²) in [5.41, 5.74) is 2.53. The van der Waals surface area contributed by atoms with Crippen LogP contribution in [0.2, 0.25) is 0 Å². The molecule has 0 saturated carbocycles. The average Bonchev–Trinajstić information content (AvgIpc) is 2.46. The highest BCUT2D eigenvalue weighted by molar-refractivity contribution is 9.10. The van der Waals surface area contributed by atoms with Crippen molar-refractivity contribution in [2.75, 3.05) is 0 Å². The fourth-order valence-corrected chi connectivity index (χ4v) is 2.67. The van der Waals surface area contributed by atoms with E-state index in [1.807, 2.05) is 48.5 Å². The van der Waals surface area contributed by atoms with E-state index in [4.69, 9.17) is 5.11 Å². The summed E-state index contributed by atoms with van der Waals surface area (Å²) in [6.45, 7) is -0.00707. The fourth-order valence-electron chi connectivity index (χ4n) is 2.10. The van der Waals surface area contributed by atoms with Crippen LogP contribution in [0.3, 0.4) is 0 Å². The number of benzene rings is 2. The molecule has 0 aliphatic heterocycles. The number of aliphatic hydroxyl groups excluding tert-OH is 1. The van der Waals surface area contributed by atoms with Gasteiger partial charge in [0.1, 0.15) is 0 Å². The van der Waals surface area contributed by atoms with Crippen LogP contribution in [0.1, 0.15) is 22.6 Å². The highest BCUT2D eigenvalue weighted by Crippen LogP contribution is 2.28. The molecule has 2 rings (SSSR count). The maximum absolute atomic E-state index is 11.5. The summed E-state index contributed by atoms with van der Waals surface area (Å²) in [6, 6.07) is 14.7. The van der Waals surface area contributed by atoms with Gasteiger partial charge in [0.05, 0.1) is 12.5 Å². The number of aliphatic carboxylic acids is 1. The maximum Gasteiger partial charge on any atom is 0.311 e. The number of hydrogen-bond donors (Lipinski definition) is 2. The summed E-state index contributed by atoms with van der Waals surface area (Å²) in [5, 5.41) is 18.5. The first-order chi connectivity index (χ1) is 9.61. The Hall–Kier alpha value is -1.65. The highest BCUT2D eigenvalue weighted by Gasteiger charge is 2.22. The van der Waals surface area contributed by atoms with E-state index in [-0.39, 0.29) is 6.61 Å². The Balaban J connectivity index is 2.26. The summed E-state index contributed by atoms with van der Waals surface area (Å²) in [5.74, 6) is -1.44. The normalized spacial score (nSPS) is 12.1. The third-order valence-corrected chi connectivity index (χ3v) is 3.95. The van der Waals surface area contributed by atoms with Gasteiger partial charge in [-0.05, 0) is 29.2 Å². The molecule has 2 aromatic rings. The molecule has 0 heterocycles. The Morgan fingerprint density at radius 2 is 1.65 bits per heavy atom. The molecule has 0 saturated heterocycles. The zero-order valence-corrected chi connectivity index (χ0v) is 12.4. The molecule has 20 heavy (non-hydrogen) atoms. The fraction of sp³-hybridized carbons (Fsp3) is 0.188. The molecule has 0 aliphatic carbocycles. The van der Waals surface area contributed by atoms with E-state index < -0.39 is 11.9 Å². The molecule has 0 aliphatic rings. The molecule has 3 nitrogen and oxygen atoms in total. The number of aliphatic hydroxyl groups is 1. The van der Waals surface area contributed by atoms with Crippen molar-refractivity contribution in [3.05, 3.63) is 69.7 Å². The third kappa shape index (κ3) is 3.46. The van der Waals surface area contributed by atoms with Gasteiger partial charge >= 0.3 is 5.97 Å². The van der Waals surface area contributed by atoms with Gasteiger partial charge in [0.2, 0.25) is 0 Å². The van der Waals surface area contributed by atoms with Gasteiger partial charge in [0, 0.05) is 4.47 Å². The lowest BCUT2D eigenvalue weighted by atomic mass is 9.92. The lowest BCUT2D eigenvalue weighted by molar-refractivity contribution is -0.138. The molecule has 2 N–H and O–H groups in total. The Morgan fingerprint density at radius 1 is 1.05 bits per heavy atom. The standard InChI is InChI=1S/C16H15BrO3/c17-15-4-2-1-3-13(15)14(16(19)20)9-11-5-7-12(10-18)8-6-11/h1-8,14,18H,9-10H2,(H,19,20). The van der Waals surface area contributed by atoms with Crippen molar-refractivity contribution in [3.8, 4) is 0 Å². The highest BCUT2D eigenvalue weighted by atomic mass is 79.9. The summed E-state index contributed by atoms with van der Waals surface area (Å²) in [7, 11) is 0. The van der Waals surface area contributed by atoms with Crippen LogP contribution in [0.5, 0.6) is 0 Å². The number of rotatable bonds is 5. The van der Waals surface area contributed by atoms with Crippen molar-refractivity contribution in [3.63, 3.8) is 0 Å². The second-order valence-electron chi connectivity index (χ2n) is 4.59. The number of carboxylic acids is 1. The van der Waals surface area contributed by atoms with Gasteiger partial charge in [-0.3, -0.25) is 4.79 Å². The minimum absolute atomic E-state index is 0.00707. The smallest absolute Gasteiger partial charge is 0.311 e. The van der Waals surface area contributed by atoms with Gasteiger partial charge < -0.3 is 10.2 Å². The molecule has 0 fully saturated rings. The van der Waals surface area contributed by atoms with Gasteiger partial charge in [0.15, 0.2) is 0 Å². The molecule has 0 aromatic heterocycles. The molecule has 1 atom stereocenters. The van der Waals surface area contributed by atoms with Crippen molar-refractivity contribution < 1.29 is 15.0 Å². The molecule has 0 spiro atoms. The van der Waals surface area contributed by atoms with Crippen molar-refractivity contribution in [2.24, 2.45) is 0 Å². The van der Waals surface area contributed by atoms with Crippen molar-refractivity contribution in [1.82, 2.24) is 0 Å². The number of hydrogen-bond acceptors (Lipinski definition) is 2. The first-order valence-corrected chi connectivity index (χ1v) is 7.07. The summed E-state index contributed by atoms with van der Waals surface area (Å²) < 4.78 is 0.805. The molecule has 0 radical (unpaired) electrons. The van der Waals surface area contributed by atoms with Crippen LogP contribution in [0.4, 0.5) is 0 Å². The Labute approximate surface area is 126 Å². The van der Waals surface area contributed by atoms with E-state index >= 15 is 0 Å². The first kappa shape index (κ1) is 14.8. The largest absolute Gasteiger partial charge is 0.481 e. The SMILES string of the molecule is O=C(O)C(Cc1ccc(CO)cc1)c1ccccc1Br. The van der Waals surface area contributed by atoms with Crippen molar-refractivity contribution in [2.45, 2.75) is 18.9 Å². The van der Waals surface area contributed by atoms with Crippen LogP contribution in [-0.4, -0.2) is 16.2 Å². The predicted molar refractivity (Wildman–Crippen MR) is 80.6 cm³/mol. The molecule has 4 heteroatoms. The first-order valence-electron chi connectivity index (χ1n) is 6.27. The van der Waals surface area contributed by atoms with Crippen LogP contribution in [0, 0.1) is 0 Å². The van der Waals surface area contributed by atoms with Gasteiger partial charge in [-0.1, -0.05) is 58.4 Å². The van der Waals surface area contributed by atoms with E-state index in [9.17, 15) is 9.90 Å². The Kier molecular flexibility index (Phi) is 4.93.